The quantitative estimate of drug-likeness (QED) is 0.920. The first-order valence-electron chi connectivity index (χ1n) is 7.90. The molecule has 1 aliphatic rings. The summed E-state index contributed by atoms with van der Waals surface area (Å²) in [5.74, 6) is 0.149. The Kier molecular flexibility index (Phi) is 4.95. The van der Waals surface area contributed by atoms with Crippen LogP contribution in [0, 0.1) is 0 Å². The average Bonchev–Trinajstić information content (AvgIpc) is 3.20. The summed E-state index contributed by atoms with van der Waals surface area (Å²) in [6, 6.07) is 8.55. The van der Waals surface area contributed by atoms with Gasteiger partial charge in [-0.2, -0.15) is 0 Å². The Morgan fingerprint density at radius 3 is 3.00 bits per heavy atom. The first-order chi connectivity index (χ1) is 10.8. The minimum Gasteiger partial charge on any atom is -0.358 e. The first kappa shape index (κ1) is 15.3. The monoisotopic (exact) mass is 317 g/mol. The third kappa shape index (κ3) is 3.42. The fourth-order valence-corrected chi connectivity index (χ4v) is 3.87. The van der Waals surface area contributed by atoms with E-state index in [-0.39, 0.29) is 11.9 Å². The van der Waals surface area contributed by atoms with Crippen LogP contribution in [0.4, 0.5) is 0 Å². The number of amides is 1. The summed E-state index contributed by atoms with van der Waals surface area (Å²) in [5, 5.41) is 4.93. The van der Waals surface area contributed by atoms with Crippen LogP contribution in [0.25, 0.3) is 0 Å². The lowest BCUT2D eigenvalue weighted by Gasteiger charge is -2.34. The lowest BCUT2D eigenvalue weighted by Crippen LogP contribution is -2.48. The number of piperidine rings is 1. The minimum atomic E-state index is 0.0174. The molecule has 3 rings (SSSR count). The summed E-state index contributed by atoms with van der Waals surface area (Å²) in [5.41, 5.74) is 1.28. The highest BCUT2D eigenvalue weighted by Crippen LogP contribution is 2.21. The highest BCUT2D eigenvalue weighted by Gasteiger charge is 2.28. The van der Waals surface area contributed by atoms with Crippen LogP contribution in [0.5, 0.6) is 0 Å². The molecule has 1 aliphatic heterocycles. The molecule has 1 atom stereocenters. The maximum absolute atomic E-state index is 12.1. The fourth-order valence-electron chi connectivity index (χ4n) is 3.17. The van der Waals surface area contributed by atoms with E-state index in [0.717, 1.165) is 32.5 Å². The molecule has 5 heteroatoms. The molecular weight excluding hydrogens is 294 g/mol. The molecule has 1 fully saturated rings. The molecule has 2 aromatic heterocycles. The van der Waals surface area contributed by atoms with Crippen LogP contribution >= 0.6 is 11.3 Å². The normalized spacial score (nSPS) is 19.2. The molecule has 0 aromatic carbocycles. The van der Waals surface area contributed by atoms with E-state index in [9.17, 15) is 4.79 Å². The molecule has 4 nitrogen and oxygen atoms in total. The highest BCUT2D eigenvalue weighted by atomic mass is 32.1. The van der Waals surface area contributed by atoms with Crippen molar-refractivity contribution in [3.63, 3.8) is 0 Å². The number of carbonyl (C=O) groups is 1. The molecule has 1 amide bonds. The number of likely N-dealkylation sites (tertiary alicyclic amines) is 1. The van der Waals surface area contributed by atoms with Gasteiger partial charge in [0.15, 0.2) is 0 Å². The van der Waals surface area contributed by atoms with Crippen molar-refractivity contribution >= 4 is 17.2 Å². The number of hydrogen-bond donors (Lipinski definition) is 1. The lowest BCUT2D eigenvalue weighted by molar-refractivity contribution is -0.127. The van der Waals surface area contributed by atoms with Crippen molar-refractivity contribution in [1.82, 2.24) is 14.8 Å². The van der Waals surface area contributed by atoms with Gasteiger partial charge in [0.2, 0.25) is 5.91 Å². The van der Waals surface area contributed by atoms with Gasteiger partial charge in [-0.15, -0.1) is 11.3 Å². The zero-order valence-corrected chi connectivity index (χ0v) is 13.8. The Balaban J connectivity index is 1.72. The Hall–Kier alpha value is -1.59. The standard InChI is InChI=1S/C17H23N3OS/c1-18-17(21)16-8-2-3-9-20(16)12-14-6-4-10-19(14)13-15-7-5-11-22-15/h4-7,10-11,16H,2-3,8-9,12-13H2,1H3,(H,18,21). The van der Waals surface area contributed by atoms with Crippen LogP contribution in [0.3, 0.4) is 0 Å². The second-order valence-corrected chi connectivity index (χ2v) is 6.84. The SMILES string of the molecule is CNC(=O)C1CCCCN1Cc1cccn1Cc1cccs1. The van der Waals surface area contributed by atoms with Crippen LogP contribution in [0.1, 0.15) is 29.8 Å². The van der Waals surface area contributed by atoms with Gasteiger partial charge in [0.05, 0.1) is 12.6 Å². The molecule has 1 N–H and O–H groups in total. The van der Waals surface area contributed by atoms with E-state index >= 15 is 0 Å². The van der Waals surface area contributed by atoms with Gasteiger partial charge in [-0.05, 0) is 43.0 Å². The third-order valence-electron chi connectivity index (χ3n) is 4.36. The predicted octanol–water partition coefficient (Wildman–Crippen LogP) is 2.70. The van der Waals surface area contributed by atoms with E-state index in [4.69, 9.17) is 0 Å². The fraction of sp³-hybridized carbons (Fsp3) is 0.471. The zero-order valence-electron chi connectivity index (χ0n) is 13.0. The van der Waals surface area contributed by atoms with E-state index in [1.165, 1.54) is 17.0 Å². The van der Waals surface area contributed by atoms with Gasteiger partial charge in [-0.3, -0.25) is 9.69 Å². The van der Waals surface area contributed by atoms with Gasteiger partial charge < -0.3 is 9.88 Å². The Bertz CT molecular complexity index is 605. The predicted molar refractivity (Wildman–Crippen MR) is 90.0 cm³/mol. The number of carbonyl (C=O) groups excluding carboxylic acids is 1. The molecule has 3 heterocycles. The number of nitrogens with one attached hydrogen (secondary N) is 1. The van der Waals surface area contributed by atoms with Gasteiger partial charge in [-0.25, -0.2) is 0 Å². The molecule has 22 heavy (non-hydrogen) atoms. The van der Waals surface area contributed by atoms with Crippen molar-refractivity contribution in [2.45, 2.75) is 38.4 Å². The number of hydrogen-bond acceptors (Lipinski definition) is 3. The summed E-state index contributed by atoms with van der Waals surface area (Å²) in [7, 11) is 1.73. The van der Waals surface area contributed by atoms with Crippen LogP contribution in [-0.4, -0.2) is 35.0 Å². The summed E-state index contributed by atoms with van der Waals surface area (Å²) in [6.45, 7) is 2.76. The summed E-state index contributed by atoms with van der Waals surface area (Å²) in [4.78, 5) is 15.8. The molecule has 0 bridgehead atoms. The molecule has 0 saturated carbocycles. The smallest absolute Gasteiger partial charge is 0.237 e. The van der Waals surface area contributed by atoms with Crippen LogP contribution in [0.15, 0.2) is 35.8 Å². The third-order valence-corrected chi connectivity index (χ3v) is 5.22. The molecule has 118 valence electrons. The van der Waals surface area contributed by atoms with Gasteiger partial charge in [0, 0.05) is 30.4 Å². The van der Waals surface area contributed by atoms with Crippen LogP contribution in [0.2, 0.25) is 0 Å². The molecule has 2 aromatic rings. The number of nitrogens with zero attached hydrogens (tertiary/aromatic N) is 2. The van der Waals surface area contributed by atoms with Crippen molar-refractivity contribution < 1.29 is 4.79 Å². The maximum atomic E-state index is 12.1. The van der Waals surface area contributed by atoms with Crippen LogP contribution in [-0.2, 0) is 17.9 Å². The van der Waals surface area contributed by atoms with E-state index in [1.807, 2.05) is 0 Å². The molecular formula is C17H23N3OS. The lowest BCUT2D eigenvalue weighted by atomic mass is 10.0. The molecule has 1 unspecified atom stereocenters. The first-order valence-corrected chi connectivity index (χ1v) is 8.78. The summed E-state index contributed by atoms with van der Waals surface area (Å²) in [6.07, 6.45) is 5.42. The van der Waals surface area contributed by atoms with Crippen molar-refractivity contribution in [2.24, 2.45) is 0 Å². The van der Waals surface area contributed by atoms with Crippen molar-refractivity contribution in [1.29, 1.82) is 0 Å². The Morgan fingerprint density at radius 2 is 2.23 bits per heavy atom. The van der Waals surface area contributed by atoms with E-state index in [2.05, 4.69) is 50.6 Å². The van der Waals surface area contributed by atoms with E-state index in [0.29, 0.717) is 0 Å². The van der Waals surface area contributed by atoms with Gasteiger partial charge in [-0.1, -0.05) is 12.5 Å². The summed E-state index contributed by atoms with van der Waals surface area (Å²) >= 11 is 1.79. The summed E-state index contributed by atoms with van der Waals surface area (Å²) < 4.78 is 2.29. The average molecular weight is 317 g/mol. The second kappa shape index (κ2) is 7.11. The van der Waals surface area contributed by atoms with Gasteiger partial charge >= 0.3 is 0 Å². The highest BCUT2D eigenvalue weighted by molar-refractivity contribution is 7.09. The van der Waals surface area contributed by atoms with E-state index < -0.39 is 0 Å². The molecule has 1 saturated heterocycles. The number of rotatable bonds is 5. The van der Waals surface area contributed by atoms with Crippen molar-refractivity contribution in [3.05, 3.63) is 46.4 Å². The van der Waals surface area contributed by atoms with Gasteiger partial charge in [0.1, 0.15) is 0 Å². The largest absolute Gasteiger partial charge is 0.358 e. The Labute approximate surface area is 135 Å². The number of likely N-dealkylation sites (N-methyl/N-ethyl adjacent to an activating group) is 1. The van der Waals surface area contributed by atoms with Crippen molar-refractivity contribution in [2.75, 3.05) is 13.6 Å². The van der Waals surface area contributed by atoms with Crippen molar-refractivity contribution in [3.8, 4) is 0 Å². The topological polar surface area (TPSA) is 37.3 Å². The number of thiophene rings is 1. The molecule has 0 aliphatic carbocycles. The van der Waals surface area contributed by atoms with E-state index in [1.54, 1.807) is 18.4 Å². The van der Waals surface area contributed by atoms with Gasteiger partial charge in [0.25, 0.3) is 0 Å². The Morgan fingerprint density at radius 1 is 1.32 bits per heavy atom. The maximum Gasteiger partial charge on any atom is 0.237 e. The number of aromatic nitrogens is 1. The molecule has 0 spiro atoms. The molecule has 0 radical (unpaired) electrons. The second-order valence-electron chi connectivity index (χ2n) is 5.80. The zero-order chi connectivity index (χ0) is 15.4. The van der Waals surface area contributed by atoms with Crippen LogP contribution < -0.4 is 5.32 Å². The minimum absolute atomic E-state index is 0.0174.